The average molecular weight is 443 g/mol. The van der Waals surface area contributed by atoms with Crippen LogP contribution in [0.15, 0.2) is 65.4 Å². The number of aryl methyl sites for hydroxylation is 1. The van der Waals surface area contributed by atoms with Crippen LogP contribution in [0.3, 0.4) is 0 Å². The number of aromatic nitrogens is 2. The van der Waals surface area contributed by atoms with Crippen molar-refractivity contribution in [2.75, 3.05) is 12.8 Å². The van der Waals surface area contributed by atoms with Crippen molar-refractivity contribution in [2.24, 2.45) is 0 Å². The highest BCUT2D eigenvalue weighted by Gasteiger charge is 2.14. The van der Waals surface area contributed by atoms with E-state index in [4.69, 9.17) is 20.0 Å². The van der Waals surface area contributed by atoms with Gasteiger partial charge in [0.2, 0.25) is 0 Å². The fraction of sp³-hybridized carbons (Fsp3) is 0.120. The Labute approximate surface area is 189 Å². The molecule has 3 heterocycles. The number of ketones is 1. The molecule has 0 unspecified atom stereocenters. The second-order valence-corrected chi connectivity index (χ2v) is 7.36. The molecule has 166 valence electrons. The van der Waals surface area contributed by atoms with Gasteiger partial charge in [0.25, 0.3) is 0 Å². The van der Waals surface area contributed by atoms with E-state index in [9.17, 15) is 9.59 Å². The minimum Gasteiger partial charge on any atom is -0.493 e. The van der Waals surface area contributed by atoms with Crippen LogP contribution < -0.4 is 10.5 Å². The van der Waals surface area contributed by atoms with Crippen molar-refractivity contribution < 1.29 is 23.8 Å². The van der Waals surface area contributed by atoms with Crippen LogP contribution in [0.2, 0.25) is 0 Å². The molecule has 0 radical (unpaired) electrons. The van der Waals surface area contributed by atoms with E-state index in [1.807, 2.05) is 12.1 Å². The summed E-state index contributed by atoms with van der Waals surface area (Å²) in [6.45, 7) is 0. The number of hydrogen-bond donors (Lipinski definition) is 2. The Morgan fingerprint density at radius 2 is 1.97 bits per heavy atom. The number of benzene rings is 1. The van der Waals surface area contributed by atoms with Gasteiger partial charge in [0.15, 0.2) is 17.1 Å². The number of carbonyl (C=O) groups is 2. The van der Waals surface area contributed by atoms with Gasteiger partial charge in [0.1, 0.15) is 11.6 Å². The number of hydrogen-bond acceptors (Lipinski definition) is 7. The molecular weight excluding hydrogens is 422 g/mol. The molecule has 4 rings (SSSR count). The van der Waals surface area contributed by atoms with Crippen LogP contribution in [0.4, 0.5) is 5.82 Å². The van der Waals surface area contributed by atoms with E-state index in [1.54, 1.807) is 43.6 Å². The highest BCUT2D eigenvalue weighted by atomic mass is 16.5. The van der Waals surface area contributed by atoms with Gasteiger partial charge < -0.3 is 20.0 Å². The van der Waals surface area contributed by atoms with Gasteiger partial charge in [-0.15, -0.1) is 0 Å². The smallest absolute Gasteiger partial charge is 0.337 e. The van der Waals surface area contributed by atoms with Gasteiger partial charge in [-0.2, -0.15) is 0 Å². The largest absolute Gasteiger partial charge is 0.493 e. The number of methoxy groups -OCH3 is 1. The summed E-state index contributed by atoms with van der Waals surface area (Å²) in [6.07, 6.45) is 6.85. The number of furan rings is 1. The third-order valence-corrected chi connectivity index (χ3v) is 5.05. The number of pyridine rings is 2. The molecule has 0 bridgehead atoms. The van der Waals surface area contributed by atoms with E-state index in [-0.39, 0.29) is 17.8 Å². The molecule has 0 amide bonds. The summed E-state index contributed by atoms with van der Waals surface area (Å²) in [5, 5.41) is 9.86. The van der Waals surface area contributed by atoms with Crippen LogP contribution in [0.5, 0.6) is 5.75 Å². The number of nitrogen functional groups attached to an aromatic ring is 1. The fourth-order valence-corrected chi connectivity index (χ4v) is 3.32. The molecule has 0 saturated carbocycles. The van der Waals surface area contributed by atoms with Crippen molar-refractivity contribution in [2.45, 2.75) is 12.8 Å². The molecule has 8 heteroatoms. The SMILES string of the molecule is COc1cc(-c2ccc(C(=O)O)cn2)cc2cc(CCC(=O)/C=C/c3ccc(N)nc3)oc12. The first kappa shape index (κ1) is 21.8. The van der Waals surface area contributed by atoms with E-state index in [2.05, 4.69) is 9.97 Å². The topological polar surface area (TPSA) is 129 Å². The predicted molar refractivity (Wildman–Crippen MR) is 124 cm³/mol. The molecule has 0 atom stereocenters. The normalized spacial score (nSPS) is 11.2. The molecule has 1 aromatic carbocycles. The van der Waals surface area contributed by atoms with Crippen molar-refractivity contribution in [3.05, 3.63) is 77.8 Å². The molecule has 0 aliphatic heterocycles. The molecule has 33 heavy (non-hydrogen) atoms. The fourth-order valence-electron chi connectivity index (χ4n) is 3.32. The van der Waals surface area contributed by atoms with Gasteiger partial charge >= 0.3 is 5.97 Å². The number of carboxylic acid groups (broad SMARTS) is 1. The summed E-state index contributed by atoms with van der Waals surface area (Å²) in [7, 11) is 1.54. The molecule has 0 fully saturated rings. The first-order chi connectivity index (χ1) is 15.9. The van der Waals surface area contributed by atoms with E-state index < -0.39 is 5.97 Å². The van der Waals surface area contributed by atoms with Crippen LogP contribution in [-0.2, 0) is 11.2 Å². The predicted octanol–water partition coefficient (Wildman–Crippen LogP) is 4.39. The Morgan fingerprint density at radius 3 is 2.64 bits per heavy atom. The summed E-state index contributed by atoms with van der Waals surface area (Å²) < 4.78 is 11.4. The van der Waals surface area contributed by atoms with Crippen molar-refractivity contribution in [1.29, 1.82) is 0 Å². The number of nitrogens with zero attached hydrogens (tertiary/aromatic N) is 2. The van der Waals surface area contributed by atoms with E-state index in [1.165, 1.54) is 18.3 Å². The van der Waals surface area contributed by atoms with Crippen molar-refractivity contribution in [1.82, 2.24) is 9.97 Å². The number of allylic oxidation sites excluding steroid dienone is 1. The second kappa shape index (κ2) is 9.35. The second-order valence-electron chi connectivity index (χ2n) is 7.36. The lowest BCUT2D eigenvalue weighted by molar-refractivity contribution is -0.114. The van der Waals surface area contributed by atoms with Crippen molar-refractivity contribution in [3.63, 3.8) is 0 Å². The zero-order chi connectivity index (χ0) is 23.4. The quantitative estimate of drug-likeness (QED) is 0.384. The number of aromatic carboxylic acids is 1. The van der Waals surface area contributed by atoms with Crippen LogP contribution in [0, 0.1) is 0 Å². The summed E-state index contributed by atoms with van der Waals surface area (Å²) in [6, 6.07) is 12.2. The molecule has 0 aliphatic carbocycles. The van der Waals surface area contributed by atoms with Gasteiger partial charge in [0.05, 0.1) is 18.4 Å². The lowest BCUT2D eigenvalue weighted by Gasteiger charge is -2.06. The number of rotatable bonds is 8. The average Bonchev–Trinajstić information content (AvgIpc) is 3.25. The Bertz CT molecular complexity index is 1340. The Balaban J connectivity index is 1.50. The number of carbonyl (C=O) groups excluding carboxylic acids is 1. The molecule has 3 aromatic heterocycles. The first-order valence-corrected chi connectivity index (χ1v) is 10.2. The van der Waals surface area contributed by atoms with E-state index >= 15 is 0 Å². The summed E-state index contributed by atoms with van der Waals surface area (Å²) >= 11 is 0. The van der Waals surface area contributed by atoms with Gasteiger partial charge in [0, 0.05) is 36.2 Å². The minimum atomic E-state index is -1.03. The van der Waals surface area contributed by atoms with E-state index in [0.29, 0.717) is 35.0 Å². The number of ether oxygens (including phenoxy) is 1. The summed E-state index contributed by atoms with van der Waals surface area (Å²) in [5.41, 5.74) is 8.42. The van der Waals surface area contributed by atoms with Gasteiger partial charge in [-0.1, -0.05) is 0 Å². The van der Waals surface area contributed by atoms with Crippen molar-refractivity contribution in [3.8, 4) is 17.0 Å². The zero-order valence-electron chi connectivity index (χ0n) is 17.8. The van der Waals surface area contributed by atoms with E-state index in [0.717, 1.165) is 16.5 Å². The van der Waals surface area contributed by atoms with Crippen LogP contribution in [0.25, 0.3) is 28.3 Å². The molecule has 0 spiro atoms. The number of carboxylic acids is 1. The zero-order valence-corrected chi connectivity index (χ0v) is 17.8. The summed E-state index contributed by atoms with van der Waals surface area (Å²) in [5.74, 6) is 0.541. The maximum Gasteiger partial charge on any atom is 0.337 e. The first-order valence-electron chi connectivity index (χ1n) is 10.2. The molecule has 3 N–H and O–H groups in total. The number of nitrogens with two attached hydrogens (primary N) is 1. The minimum absolute atomic E-state index is 0.0392. The third-order valence-electron chi connectivity index (χ3n) is 5.05. The van der Waals surface area contributed by atoms with Gasteiger partial charge in [-0.05, 0) is 60.2 Å². The van der Waals surface area contributed by atoms with Crippen LogP contribution in [-0.4, -0.2) is 33.9 Å². The number of fused-ring (bicyclic) bond motifs is 1. The standard InChI is InChI=1S/C25H21N3O5/c1-32-22-12-17(21-8-4-16(14-27-21)25(30)31)10-18-11-20(33-24(18)22)7-6-19(29)5-2-15-3-9-23(26)28-13-15/h2-5,8-14H,6-7H2,1H3,(H2,26,28)(H,30,31)/b5-2+. The van der Waals surface area contributed by atoms with Crippen LogP contribution >= 0.6 is 0 Å². The molecule has 0 aliphatic rings. The van der Waals surface area contributed by atoms with Gasteiger partial charge in [-0.25, -0.2) is 9.78 Å². The van der Waals surface area contributed by atoms with Gasteiger partial charge in [-0.3, -0.25) is 9.78 Å². The number of anilines is 1. The van der Waals surface area contributed by atoms with Crippen molar-refractivity contribution >= 4 is 34.6 Å². The lowest BCUT2D eigenvalue weighted by atomic mass is 10.1. The highest BCUT2D eigenvalue weighted by Crippen LogP contribution is 2.34. The molecule has 8 nitrogen and oxygen atoms in total. The maximum atomic E-state index is 12.3. The Morgan fingerprint density at radius 1 is 1.12 bits per heavy atom. The third kappa shape index (κ3) is 5.07. The molecule has 0 saturated heterocycles. The molecular formula is C25H21N3O5. The molecule has 4 aromatic rings. The highest BCUT2D eigenvalue weighted by molar-refractivity contribution is 5.94. The Kier molecular flexibility index (Phi) is 6.17. The Hall–Kier alpha value is -4.46. The lowest BCUT2D eigenvalue weighted by Crippen LogP contribution is -1.97. The van der Waals surface area contributed by atoms with Crippen LogP contribution in [0.1, 0.15) is 28.1 Å². The maximum absolute atomic E-state index is 12.3. The monoisotopic (exact) mass is 443 g/mol. The summed E-state index contributed by atoms with van der Waals surface area (Å²) in [4.78, 5) is 31.5.